The van der Waals surface area contributed by atoms with E-state index in [1.807, 2.05) is 61.6 Å². The molecule has 1 aliphatic carbocycles. The Labute approximate surface area is 149 Å². The highest BCUT2D eigenvalue weighted by Crippen LogP contribution is 2.24. The third-order valence-corrected chi connectivity index (χ3v) is 4.69. The van der Waals surface area contributed by atoms with E-state index in [0.29, 0.717) is 18.3 Å². The van der Waals surface area contributed by atoms with Crippen molar-refractivity contribution >= 4 is 11.6 Å². The van der Waals surface area contributed by atoms with Crippen LogP contribution in [-0.2, 0) is 4.79 Å². The molecule has 4 heteroatoms. The van der Waals surface area contributed by atoms with E-state index in [9.17, 15) is 4.79 Å². The zero-order valence-electron chi connectivity index (χ0n) is 14.8. The van der Waals surface area contributed by atoms with Crippen molar-refractivity contribution in [2.24, 2.45) is 0 Å². The van der Waals surface area contributed by atoms with E-state index >= 15 is 0 Å². The maximum atomic E-state index is 12.3. The molecule has 0 spiro atoms. The highest BCUT2D eigenvalue weighted by molar-refractivity contribution is 5.92. The Bertz CT molecular complexity index is 681. The Morgan fingerprint density at radius 3 is 2.52 bits per heavy atom. The summed E-state index contributed by atoms with van der Waals surface area (Å²) in [6.07, 6.45) is 6.27. The molecule has 1 fully saturated rings. The summed E-state index contributed by atoms with van der Waals surface area (Å²) in [5, 5.41) is 2.98. The van der Waals surface area contributed by atoms with Crippen LogP contribution >= 0.6 is 0 Å². The number of rotatable bonds is 6. The SMILES string of the molecule is CN(CC(=O)Nc1cccc(Oc2ccccc2)c1)C1CCCCC1. The van der Waals surface area contributed by atoms with E-state index in [1.54, 1.807) is 0 Å². The summed E-state index contributed by atoms with van der Waals surface area (Å²) >= 11 is 0. The van der Waals surface area contributed by atoms with Crippen LogP contribution in [0.1, 0.15) is 32.1 Å². The molecular formula is C21H26N2O2. The van der Waals surface area contributed by atoms with Gasteiger partial charge in [0.05, 0.1) is 6.54 Å². The van der Waals surface area contributed by atoms with Crippen LogP contribution in [0.15, 0.2) is 54.6 Å². The Balaban J connectivity index is 1.55. The van der Waals surface area contributed by atoms with Gasteiger partial charge < -0.3 is 10.1 Å². The molecule has 0 heterocycles. The van der Waals surface area contributed by atoms with Gasteiger partial charge in [-0.25, -0.2) is 0 Å². The number of nitrogens with one attached hydrogen (secondary N) is 1. The van der Waals surface area contributed by atoms with Gasteiger partial charge in [0, 0.05) is 17.8 Å². The van der Waals surface area contributed by atoms with Crippen molar-refractivity contribution in [1.82, 2.24) is 4.90 Å². The first-order valence-corrected chi connectivity index (χ1v) is 9.04. The Kier molecular flexibility index (Phi) is 6.07. The van der Waals surface area contributed by atoms with Crippen LogP contribution < -0.4 is 10.1 Å². The maximum absolute atomic E-state index is 12.3. The molecule has 0 bridgehead atoms. The molecule has 1 amide bonds. The second-order valence-corrected chi connectivity index (χ2v) is 6.70. The first-order chi connectivity index (χ1) is 12.2. The van der Waals surface area contributed by atoms with Crippen molar-refractivity contribution in [2.45, 2.75) is 38.1 Å². The topological polar surface area (TPSA) is 41.6 Å². The lowest BCUT2D eigenvalue weighted by molar-refractivity contribution is -0.117. The fourth-order valence-electron chi connectivity index (χ4n) is 3.34. The lowest BCUT2D eigenvalue weighted by atomic mass is 9.94. The highest BCUT2D eigenvalue weighted by Gasteiger charge is 2.19. The van der Waals surface area contributed by atoms with Crippen LogP contribution in [0, 0.1) is 0 Å². The number of anilines is 1. The number of para-hydroxylation sites is 1. The van der Waals surface area contributed by atoms with Gasteiger partial charge in [-0.2, -0.15) is 0 Å². The molecule has 2 aromatic rings. The summed E-state index contributed by atoms with van der Waals surface area (Å²) < 4.78 is 5.82. The van der Waals surface area contributed by atoms with Crippen LogP contribution in [0.4, 0.5) is 5.69 Å². The number of ether oxygens (including phenoxy) is 1. The fraction of sp³-hybridized carbons (Fsp3) is 0.381. The predicted molar refractivity (Wildman–Crippen MR) is 101 cm³/mol. The van der Waals surface area contributed by atoms with Crippen LogP contribution in [0.5, 0.6) is 11.5 Å². The molecule has 0 radical (unpaired) electrons. The standard InChI is InChI=1S/C21H26N2O2/c1-23(18-10-4-2-5-11-18)16-21(24)22-17-9-8-14-20(15-17)25-19-12-6-3-7-13-19/h3,6-9,12-15,18H,2,4-5,10-11,16H2,1H3,(H,22,24). The van der Waals surface area contributed by atoms with Gasteiger partial charge in [-0.05, 0) is 44.2 Å². The number of hydrogen-bond donors (Lipinski definition) is 1. The molecule has 1 aliphatic rings. The minimum Gasteiger partial charge on any atom is -0.457 e. The molecule has 3 rings (SSSR count). The van der Waals surface area contributed by atoms with E-state index in [1.165, 1.54) is 32.1 Å². The van der Waals surface area contributed by atoms with Crippen LogP contribution in [0.25, 0.3) is 0 Å². The Hall–Kier alpha value is -2.33. The van der Waals surface area contributed by atoms with E-state index < -0.39 is 0 Å². The number of likely N-dealkylation sites (N-methyl/N-ethyl adjacent to an activating group) is 1. The second-order valence-electron chi connectivity index (χ2n) is 6.70. The van der Waals surface area contributed by atoms with Crippen LogP contribution in [-0.4, -0.2) is 30.4 Å². The van der Waals surface area contributed by atoms with Crippen molar-refractivity contribution in [3.8, 4) is 11.5 Å². The largest absolute Gasteiger partial charge is 0.457 e. The third kappa shape index (κ3) is 5.33. The number of nitrogens with zero attached hydrogens (tertiary/aromatic N) is 1. The van der Waals surface area contributed by atoms with Gasteiger partial charge >= 0.3 is 0 Å². The minimum absolute atomic E-state index is 0.0185. The fourth-order valence-corrected chi connectivity index (χ4v) is 3.34. The minimum atomic E-state index is 0.0185. The van der Waals surface area contributed by atoms with Crippen molar-refractivity contribution in [3.63, 3.8) is 0 Å². The zero-order valence-corrected chi connectivity index (χ0v) is 14.8. The molecule has 0 unspecified atom stereocenters. The molecule has 0 atom stereocenters. The second kappa shape index (κ2) is 8.67. The van der Waals surface area contributed by atoms with Crippen molar-refractivity contribution in [2.75, 3.05) is 18.9 Å². The first kappa shape index (κ1) is 17.5. The van der Waals surface area contributed by atoms with E-state index in [4.69, 9.17) is 4.74 Å². The lowest BCUT2D eigenvalue weighted by Gasteiger charge is -2.30. The molecule has 0 aromatic heterocycles. The summed E-state index contributed by atoms with van der Waals surface area (Å²) in [5.41, 5.74) is 0.760. The van der Waals surface area contributed by atoms with Crippen molar-refractivity contribution in [1.29, 1.82) is 0 Å². The lowest BCUT2D eigenvalue weighted by Crippen LogP contribution is -2.39. The van der Waals surface area contributed by atoms with Gasteiger partial charge in [-0.1, -0.05) is 43.5 Å². The molecule has 2 aromatic carbocycles. The van der Waals surface area contributed by atoms with E-state index in [-0.39, 0.29) is 5.91 Å². The van der Waals surface area contributed by atoms with Gasteiger partial charge in [0.15, 0.2) is 0 Å². The summed E-state index contributed by atoms with van der Waals surface area (Å²) in [6.45, 7) is 0.425. The van der Waals surface area contributed by atoms with Gasteiger partial charge in [0.25, 0.3) is 0 Å². The van der Waals surface area contributed by atoms with E-state index in [2.05, 4.69) is 10.2 Å². The van der Waals surface area contributed by atoms with Crippen molar-refractivity contribution in [3.05, 3.63) is 54.6 Å². The van der Waals surface area contributed by atoms with Gasteiger partial charge in [0.2, 0.25) is 5.91 Å². The zero-order chi connectivity index (χ0) is 17.5. The summed E-state index contributed by atoms with van der Waals surface area (Å²) in [4.78, 5) is 14.5. The van der Waals surface area contributed by atoms with Gasteiger partial charge in [0.1, 0.15) is 11.5 Å². The molecule has 1 N–H and O–H groups in total. The van der Waals surface area contributed by atoms with Crippen molar-refractivity contribution < 1.29 is 9.53 Å². The summed E-state index contributed by atoms with van der Waals surface area (Å²) in [5.74, 6) is 1.51. The smallest absolute Gasteiger partial charge is 0.238 e. The molecule has 0 aliphatic heterocycles. The maximum Gasteiger partial charge on any atom is 0.238 e. The Morgan fingerprint density at radius 1 is 1.04 bits per heavy atom. The Morgan fingerprint density at radius 2 is 1.76 bits per heavy atom. The summed E-state index contributed by atoms with van der Waals surface area (Å²) in [6, 6.07) is 17.7. The summed E-state index contributed by atoms with van der Waals surface area (Å²) in [7, 11) is 2.05. The van der Waals surface area contributed by atoms with Gasteiger partial charge in [-0.3, -0.25) is 9.69 Å². The molecular weight excluding hydrogens is 312 g/mol. The predicted octanol–water partition coefficient (Wildman–Crippen LogP) is 4.68. The molecule has 132 valence electrons. The molecule has 25 heavy (non-hydrogen) atoms. The molecule has 0 saturated heterocycles. The molecule has 1 saturated carbocycles. The number of carbonyl (C=O) groups is 1. The van der Waals surface area contributed by atoms with Crippen LogP contribution in [0.2, 0.25) is 0 Å². The number of amides is 1. The average Bonchev–Trinajstić information content (AvgIpc) is 2.63. The van der Waals surface area contributed by atoms with Crippen LogP contribution in [0.3, 0.4) is 0 Å². The monoisotopic (exact) mass is 338 g/mol. The number of carbonyl (C=O) groups excluding carboxylic acids is 1. The normalized spacial score (nSPS) is 15.1. The quantitative estimate of drug-likeness (QED) is 0.831. The first-order valence-electron chi connectivity index (χ1n) is 9.04. The highest BCUT2D eigenvalue weighted by atomic mass is 16.5. The molecule has 4 nitrogen and oxygen atoms in total. The van der Waals surface area contributed by atoms with Gasteiger partial charge in [-0.15, -0.1) is 0 Å². The average molecular weight is 338 g/mol. The number of hydrogen-bond acceptors (Lipinski definition) is 3. The number of benzene rings is 2. The van der Waals surface area contributed by atoms with E-state index in [0.717, 1.165) is 11.4 Å². The third-order valence-electron chi connectivity index (χ3n) is 4.69.